The summed E-state index contributed by atoms with van der Waals surface area (Å²) in [5, 5.41) is 7.05. The van der Waals surface area contributed by atoms with Crippen molar-refractivity contribution in [1.82, 2.24) is 10.6 Å². The molecule has 1 aliphatic rings. The molecule has 24 heavy (non-hydrogen) atoms. The van der Waals surface area contributed by atoms with Gasteiger partial charge in [-0.25, -0.2) is 0 Å². The third-order valence-electron chi connectivity index (χ3n) is 5.37. The summed E-state index contributed by atoms with van der Waals surface area (Å²) in [6.07, 6.45) is 4.50. The van der Waals surface area contributed by atoms with E-state index in [1.165, 1.54) is 18.4 Å². The molecule has 1 saturated heterocycles. The SMILES string of the molecule is CCC(CC)CNC(=NC)NCC1(c2ccccc2)CCOCC1. The van der Waals surface area contributed by atoms with E-state index in [4.69, 9.17) is 4.74 Å². The number of aliphatic imine (C=N–C) groups is 1. The number of nitrogens with zero attached hydrogens (tertiary/aromatic N) is 1. The highest BCUT2D eigenvalue weighted by molar-refractivity contribution is 5.79. The molecule has 0 aromatic heterocycles. The zero-order valence-corrected chi connectivity index (χ0v) is 15.5. The lowest BCUT2D eigenvalue weighted by Gasteiger charge is -2.38. The van der Waals surface area contributed by atoms with Gasteiger partial charge in [-0.1, -0.05) is 57.0 Å². The quantitative estimate of drug-likeness (QED) is 0.595. The largest absolute Gasteiger partial charge is 0.381 e. The summed E-state index contributed by atoms with van der Waals surface area (Å²) in [7, 11) is 1.85. The number of benzene rings is 1. The fourth-order valence-corrected chi connectivity index (χ4v) is 3.41. The molecule has 1 aliphatic heterocycles. The van der Waals surface area contributed by atoms with Crippen LogP contribution >= 0.6 is 0 Å². The van der Waals surface area contributed by atoms with E-state index in [0.29, 0.717) is 5.92 Å². The van der Waals surface area contributed by atoms with Crippen molar-refractivity contribution < 1.29 is 4.74 Å². The first-order valence-corrected chi connectivity index (χ1v) is 9.32. The van der Waals surface area contributed by atoms with Crippen molar-refractivity contribution in [3.8, 4) is 0 Å². The molecule has 0 radical (unpaired) electrons. The topological polar surface area (TPSA) is 45.7 Å². The van der Waals surface area contributed by atoms with Crippen LogP contribution in [0, 0.1) is 5.92 Å². The Hall–Kier alpha value is -1.55. The Balaban J connectivity index is 1.99. The van der Waals surface area contributed by atoms with Gasteiger partial charge >= 0.3 is 0 Å². The van der Waals surface area contributed by atoms with Gasteiger partial charge in [-0.15, -0.1) is 0 Å². The summed E-state index contributed by atoms with van der Waals surface area (Å²) in [5.41, 5.74) is 1.53. The normalized spacial score (nSPS) is 17.8. The Morgan fingerprint density at radius 1 is 1.12 bits per heavy atom. The van der Waals surface area contributed by atoms with Gasteiger partial charge in [-0.3, -0.25) is 4.99 Å². The summed E-state index contributed by atoms with van der Waals surface area (Å²) in [4.78, 5) is 4.40. The van der Waals surface area contributed by atoms with Gasteiger partial charge in [0.15, 0.2) is 5.96 Å². The number of ether oxygens (including phenoxy) is 1. The van der Waals surface area contributed by atoms with Gasteiger partial charge in [0.25, 0.3) is 0 Å². The molecule has 0 amide bonds. The number of hydrogen-bond acceptors (Lipinski definition) is 2. The second kappa shape index (κ2) is 9.67. The molecule has 0 bridgehead atoms. The summed E-state index contributed by atoms with van der Waals surface area (Å²) in [6, 6.07) is 10.8. The van der Waals surface area contributed by atoms with Crippen molar-refractivity contribution in [1.29, 1.82) is 0 Å². The van der Waals surface area contributed by atoms with Gasteiger partial charge in [0.2, 0.25) is 0 Å². The van der Waals surface area contributed by atoms with E-state index in [2.05, 4.69) is 59.8 Å². The van der Waals surface area contributed by atoms with Crippen LogP contribution in [0.1, 0.15) is 45.1 Å². The minimum absolute atomic E-state index is 0.131. The predicted octanol–water partition coefficient (Wildman–Crippen LogP) is 3.34. The van der Waals surface area contributed by atoms with E-state index >= 15 is 0 Å². The Morgan fingerprint density at radius 2 is 1.79 bits per heavy atom. The van der Waals surface area contributed by atoms with Crippen molar-refractivity contribution in [3.05, 3.63) is 35.9 Å². The predicted molar refractivity (Wildman–Crippen MR) is 102 cm³/mol. The van der Waals surface area contributed by atoms with Crippen LogP contribution in [0.5, 0.6) is 0 Å². The van der Waals surface area contributed by atoms with Gasteiger partial charge in [0.05, 0.1) is 0 Å². The highest BCUT2D eigenvalue weighted by Crippen LogP contribution is 2.34. The molecule has 0 atom stereocenters. The smallest absolute Gasteiger partial charge is 0.191 e. The van der Waals surface area contributed by atoms with E-state index in [9.17, 15) is 0 Å². The number of nitrogens with one attached hydrogen (secondary N) is 2. The van der Waals surface area contributed by atoms with Crippen LogP contribution < -0.4 is 10.6 Å². The van der Waals surface area contributed by atoms with Crippen LogP contribution in [-0.2, 0) is 10.2 Å². The van der Waals surface area contributed by atoms with Gasteiger partial charge < -0.3 is 15.4 Å². The molecule has 0 saturated carbocycles. The number of hydrogen-bond donors (Lipinski definition) is 2. The van der Waals surface area contributed by atoms with Crippen molar-refractivity contribution in [3.63, 3.8) is 0 Å². The van der Waals surface area contributed by atoms with E-state index in [0.717, 1.165) is 45.1 Å². The molecular weight excluding hydrogens is 298 g/mol. The van der Waals surface area contributed by atoms with Crippen molar-refractivity contribution >= 4 is 5.96 Å². The average molecular weight is 332 g/mol. The molecule has 134 valence electrons. The van der Waals surface area contributed by atoms with Crippen molar-refractivity contribution in [2.45, 2.75) is 44.9 Å². The summed E-state index contributed by atoms with van der Waals surface area (Å²) in [5.74, 6) is 1.61. The van der Waals surface area contributed by atoms with Crippen LogP contribution in [0.3, 0.4) is 0 Å². The van der Waals surface area contributed by atoms with Crippen molar-refractivity contribution in [2.24, 2.45) is 10.9 Å². The lowest BCUT2D eigenvalue weighted by molar-refractivity contribution is 0.0514. The van der Waals surface area contributed by atoms with Gasteiger partial charge in [-0.2, -0.15) is 0 Å². The summed E-state index contributed by atoms with van der Waals surface area (Å²) < 4.78 is 5.61. The fourth-order valence-electron chi connectivity index (χ4n) is 3.41. The van der Waals surface area contributed by atoms with Crippen LogP contribution in [0.25, 0.3) is 0 Å². The standard InChI is InChI=1S/C20H33N3O/c1-4-17(5-2)15-22-19(21-3)23-16-20(11-13-24-14-12-20)18-9-7-6-8-10-18/h6-10,17H,4-5,11-16H2,1-3H3,(H2,21,22,23). The molecule has 0 spiro atoms. The van der Waals surface area contributed by atoms with Gasteiger partial charge in [0, 0.05) is 38.8 Å². The lowest BCUT2D eigenvalue weighted by Crippen LogP contribution is -2.48. The lowest BCUT2D eigenvalue weighted by atomic mass is 9.74. The second-order valence-corrected chi connectivity index (χ2v) is 6.75. The number of rotatable bonds is 7. The molecule has 2 rings (SSSR count). The van der Waals surface area contributed by atoms with Crippen LogP contribution in [0.2, 0.25) is 0 Å². The van der Waals surface area contributed by atoms with Crippen molar-refractivity contribution in [2.75, 3.05) is 33.4 Å². The average Bonchev–Trinajstić information content (AvgIpc) is 2.66. The van der Waals surface area contributed by atoms with E-state index in [-0.39, 0.29) is 5.41 Å². The van der Waals surface area contributed by atoms with Gasteiger partial charge in [-0.05, 0) is 24.3 Å². The molecule has 1 aromatic carbocycles. The van der Waals surface area contributed by atoms with Gasteiger partial charge in [0.1, 0.15) is 0 Å². The monoisotopic (exact) mass is 331 g/mol. The third kappa shape index (κ3) is 4.97. The van der Waals surface area contributed by atoms with E-state index < -0.39 is 0 Å². The first kappa shape index (κ1) is 18.8. The Morgan fingerprint density at radius 3 is 2.38 bits per heavy atom. The zero-order valence-electron chi connectivity index (χ0n) is 15.5. The molecular formula is C20H33N3O. The summed E-state index contributed by atoms with van der Waals surface area (Å²) >= 11 is 0. The van der Waals surface area contributed by atoms with Crippen LogP contribution in [0.15, 0.2) is 35.3 Å². The molecule has 4 nitrogen and oxygen atoms in total. The highest BCUT2D eigenvalue weighted by atomic mass is 16.5. The molecule has 1 fully saturated rings. The highest BCUT2D eigenvalue weighted by Gasteiger charge is 2.34. The third-order valence-corrected chi connectivity index (χ3v) is 5.37. The first-order valence-electron chi connectivity index (χ1n) is 9.32. The maximum Gasteiger partial charge on any atom is 0.191 e. The Kier molecular flexibility index (Phi) is 7.57. The zero-order chi connectivity index (χ0) is 17.3. The molecule has 1 aromatic rings. The van der Waals surface area contributed by atoms with Crippen LogP contribution in [-0.4, -0.2) is 39.3 Å². The van der Waals surface area contributed by atoms with E-state index in [1.54, 1.807) is 0 Å². The Labute approximate surface area is 147 Å². The number of guanidine groups is 1. The minimum atomic E-state index is 0.131. The molecule has 1 heterocycles. The fraction of sp³-hybridized carbons (Fsp3) is 0.650. The molecule has 0 unspecified atom stereocenters. The van der Waals surface area contributed by atoms with Crippen LogP contribution in [0.4, 0.5) is 0 Å². The van der Waals surface area contributed by atoms with E-state index in [1.807, 2.05) is 7.05 Å². The first-order chi connectivity index (χ1) is 11.7. The minimum Gasteiger partial charge on any atom is -0.381 e. The summed E-state index contributed by atoms with van der Waals surface area (Å²) in [6.45, 7) is 8.03. The molecule has 4 heteroatoms. The maximum absolute atomic E-state index is 5.61. The molecule has 0 aliphatic carbocycles. The maximum atomic E-state index is 5.61. The molecule has 2 N–H and O–H groups in total. The Bertz CT molecular complexity index is 491. The second-order valence-electron chi connectivity index (χ2n) is 6.75.